The number of carboxylic acid groups (broad SMARTS) is 1. The van der Waals surface area contributed by atoms with Gasteiger partial charge in [0.15, 0.2) is 0 Å². The van der Waals surface area contributed by atoms with E-state index in [1.807, 2.05) is 86.3 Å². The molecule has 0 fully saturated rings. The number of carbonyl (C=O) groups excluding carboxylic acids is 2. The minimum atomic E-state index is -5.22. The molecule has 0 spiro atoms. The molecule has 0 atom stereocenters. The van der Waals surface area contributed by atoms with Crippen molar-refractivity contribution in [3.8, 4) is 11.8 Å². The van der Waals surface area contributed by atoms with E-state index in [0.717, 1.165) is 63.7 Å². The minimum absolute atomic E-state index is 0.163. The van der Waals surface area contributed by atoms with Gasteiger partial charge in [-0.1, -0.05) is 56.3 Å². The van der Waals surface area contributed by atoms with E-state index in [9.17, 15) is 37.9 Å². The number of anilines is 2. The van der Waals surface area contributed by atoms with Crippen LogP contribution in [0.15, 0.2) is 119 Å². The molecule has 0 saturated carbocycles. The van der Waals surface area contributed by atoms with Crippen LogP contribution in [0.2, 0.25) is 0 Å². The average molecular weight is 692 g/mol. The number of carbonyl (C=O) groups is 3. The monoisotopic (exact) mass is 691 g/mol. The smallest absolute Gasteiger partial charge is 0.418 e. The van der Waals surface area contributed by atoms with E-state index in [1.54, 1.807) is 0 Å². The van der Waals surface area contributed by atoms with E-state index in [2.05, 4.69) is 0 Å². The number of hydrogen-bond acceptors (Lipinski definition) is 6. The highest BCUT2D eigenvalue weighted by Gasteiger charge is 2.49. The van der Waals surface area contributed by atoms with Crippen LogP contribution in [0, 0.1) is 11.3 Å². The molecule has 8 nitrogen and oxygen atoms in total. The highest BCUT2D eigenvalue weighted by atomic mass is 19.4. The van der Waals surface area contributed by atoms with Crippen molar-refractivity contribution in [2.24, 2.45) is 0 Å². The number of amides is 2. The number of allylic oxidation sites excluding steroid dienone is 3. The third-order valence-electron chi connectivity index (χ3n) is 9.16. The van der Waals surface area contributed by atoms with Crippen molar-refractivity contribution < 1.29 is 37.4 Å². The van der Waals surface area contributed by atoms with Crippen LogP contribution in [0.3, 0.4) is 0 Å². The molecule has 2 aliphatic heterocycles. The number of nitrogens with zero attached hydrogens (tertiary/aromatic N) is 3. The van der Waals surface area contributed by atoms with Crippen LogP contribution in [-0.2, 0) is 21.4 Å². The fraction of sp³-hybridized carbons (Fsp3) is 0.200. The first kappa shape index (κ1) is 34.7. The number of ether oxygens (including phenoxy) is 1. The lowest BCUT2D eigenvalue weighted by atomic mass is 9.81. The summed E-state index contributed by atoms with van der Waals surface area (Å²) < 4.78 is 49.6. The Morgan fingerprint density at radius 1 is 0.941 bits per heavy atom. The first-order valence-corrected chi connectivity index (χ1v) is 16.2. The van der Waals surface area contributed by atoms with Crippen LogP contribution in [0.4, 0.5) is 24.5 Å². The number of hydrogen-bond donors (Lipinski definition) is 1. The van der Waals surface area contributed by atoms with E-state index in [0.29, 0.717) is 30.2 Å². The van der Waals surface area contributed by atoms with Crippen LogP contribution in [0.1, 0.15) is 42.3 Å². The number of imide groups is 1. The fourth-order valence-corrected chi connectivity index (χ4v) is 6.81. The first-order chi connectivity index (χ1) is 24.3. The summed E-state index contributed by atoms with van der Waals surface area (Å²) in [4.78, 5) is 41.1. The highest BCUT2D eigenvalue weighted by Crippen LogP contribution is 2.51. The topological polar surface area (TPSA) is 111 Å². The van der Waals surface area contributed by atoms with Crippen molar-refractivity contribution in [3.63, 3.8) is 0 Å². The Labute approximate surface area is 292 Å². The summed E-state index contributed by atoms with van der Waals surface area (Å²) in [6.07, 6.45) is -2.16. The average Bonchev–Trinajstić information content (AvgIpc) is 3.32. The van der Waals surface area contributed by atoms with Gasteiger partial charge in [0.25, 0.3) is 11.8 Å². The van der Waals surface area contributed by atoms with Crippen LogP contribution < -0.4 is 14.5 Å². The molecule has 6 rings (SSSR count). The van der Waals surface area contributed by atoms with Gasteiger partial charge in [-0.2, -0.15) is 18.4 Å². The van der Waals surface area contributed by atoms with Gasteiger partial charge >= 0.3 is 12.1 Å². The summed E-state index contributed by atoms with van der Waals surface area (Å²) in [6, 6.07) is 25.3. The van der Waals surface area contributed by atoms with Gasteiger partial charge in [0.05, 0.1) is 29.0 Å². The quantitative estimate of drug-likeness (QED) is 0.147. The Morgan fingerprint density at radius 2 is 1.63 bits per heavy atom. The number of rotatable bonds is 8. The zero-order valence-corrected chi connectivity index (χ0v) is 27.9. The van der Waals surface area contributed by atoms with Gasteiger partial charge in [0.2, 0.25) is 0 Å². The lowest BCUT2D eigenvalue weighted by molar-refractivity contribution is -0.126. The SMILES string of the molecule is CCOc1ccc(CCN2/C(=C/C=C3\C(=O)N(c4ccc(C(=O)O)cc4)C(=O)C(C#N)=C3C(F)(F)F)C(C)(C)c3c2ccc2ccccc32)cc1. The number of alkyl halides is 3. The van der Waals surface area contributed by atoms with E-state index < -0.39 is 46.1 Å². The Kier molecular flexibility index (Phi) is 9.04. The standard InChI is InChI=1S/C40H32F3N3O5/c1-4-51-28-16-9-24(10-17-28)21-22-45-32-19-13-25-7-5-6-8-29(25)35(32)39(2,3)33(45)20-18-30-34(40(41,42)43)31(23-44)37(48)46(36(30)47)27-14-11-26(12-15-27)38(49)50/h5-20H,4,21-22H2,1-3H3,(H,49,50)/b30-18-,33-20+. The number of carboxylic acids is 1. The van der Waals surface area contributed by atoms with Crippen molar-refractivity contribution in [2.75, 3.05) is 23.0 Å². The van der Waals surface area contributed by atoms with Gasteiger partial charge in [0.1, 0.15) is 17.4 Å². The lowest BCUT2D eigenvalue weighted by Crippen LogP contribution is -2.45. The maximum absolute atomic E-state index is 14.7. The molecule has 11 heteroatoms. The second-order valence-corrected chi connectivity index (χ2v) is 12.6. The van der Waals surface area contributed by atoms with Crippen LogP contribution in [0.5, 0.6) is 5.75 Å². The molecule has 4 aromatic rings. The zero-order valence-electron chi connectivity index (χ0n) is 27.9. The predicted octanol–water partition coefficient (Wildman–Crippen LogP) is 8.04. The van der Waals surface area contributed by atoms with E-state index in [-0.39, 0.29) is 11.3 Å². The first-order valence-electron chi connectivity index (χ1n) is 16.2. The maximum Gasteiger partial charge on any atom is 0.418 e. The molecule has 258 valence electrons. The molecule has 2 heterocycles. The van der Waals surface area contributed by atoms with Gasteiger partial charge in [0, 0.05) is 23.3 Å². The third kappa shape index (κ3) is 6.25. The molecule has 0 radical (unpaired) electrons. The molecule has 4 aromatic carbocycles. The van der Waals surface area contributed by atoms with Gasteiger partial charge in [-0.25, -0.2) is 9.69 Å². The Bertz CT molecular complexity index is 2210. The molecule has 0 aromatic heterocycles. The molecule has 0 bridgehead atoms. The normalized spacial score (nSPS) is 17.4. The van der Waals surface area contributed by atoms with Crippen molar-refractivity contribution >= 4 is 39.9 Å². The molecule has 0 unspecified atom stereocenters. The number of halogens is 3. The molecular weight excluding hydrogens is 659 g/mol. The third-order valence-corrected chi connectivity index (χ3v) is 9.16. The molecule has 2 amide bonds. The summed E-state index contributed by atoms with van der Waals surface area (Å²) in [5, 5.41) is 21.1. The second kappa shape index (κ2) is 13.3. The largest absolute Gasteiger partial charge is 0.494 e. The molecule has 1 N–H and O–H groups in total. The van der Waals surface area contributed by atoms with Crippen molar-refractivity contribution in [1.82, 2.24) is 0 Å². The molecule has 0 aliphatic carbocycles. The summed E-state index contributed by atoms with van der Waals surface area (Å²) >= 11 is 0. The number of benzene rings is 4. The van der Waals surface area contributed by atoms with Gasteiger partial charge < -0.3 is 14.7 Å². The second-order valence-electron chi connectivity index (χ2n) is 12.6. The van der Waals surface area contributed by atoms with Crippen LogP contribution in [0.25, 0.3) is 10.8 Å². The predicted molar refractivity (Wildman–Crippen MR) is 186 cm³/mol. The Hall–Kier alpha value is -6.15. The fourth-order valence-electron chi connectivity index (χ4n) is 6.81. The van der Waals surface area contributed by atoms with Gasteiger partial charge in [-0.05, 0) is 89.9 Å². The summed E-state index contributed by atoms with van der Waals surface area (Å²) in [5.41, 5.74) is -1.43. The van der Waals surface area contributed by atoms with Crippen molar-refractivity contribution in [1.29, 1.82) is 5.26 Å². The molecule has 2 aliphatic rings. The van der Waals surface area contributed by atoms with Crippen LogP contribution in [-0.4, -0.2) is 42.2 Å². The van der Waals surface area contributed by atoms with Crippen LogP contribution >= 0.6 is 0 Å². The summed E-state index contributed by atoms with van der Waals surface area (Å²) in [6.45, 7) is 6.80. The van der Waals surface area contributed by atoms with E-state index >= 15 is 0 Å². The zero-order chi connectivity index (χ0) is 36.7. The summed E-state index contributed by atoms with van der Waals surface area (Å²) in [7, 11) is 0. The van der Waals surface area contributed by atoms with Crippen molar-refractivity contribution in [2.45, 2.75) is 38.8 Å². The van der Waals surface area contributed by atoms with Crippen molar-refractivity contribution in [3.05, 3.63) is 136 Å². The maximum atomic E-state index is 14.7. The number of nitriles is 1. The van der Waals surface area contributed by atoms with E-state index in [1.165, 1.54) is 12.1 Å². The Balaban J connectivity index is 1.50. The van der Waals surface area contributed by atoms with Gasteiger partial charge in [-0.3, -0.25) is 9.59 Å². The van der Waals surface area contributed by atoms with E-state index in [4.69, 9.17) is 4.74 Å². The molecular formula is C40H32F3N3O5. The number of fused-ring (bicyclic) bond motifs is 3. The molecule has 51 heavy (non-hydrogen) atoms. The molecule has 0 saturated heterocycles. The highest BCUT2D eigenvalue weighted by molar-refractivity contribution is 6.31. The minimum Gasteiger partial charge on any atom is -0.494 e. The van der Waals surface area contributed by atoms with Gasteiger partial charge in [-0.15, -0.1) is 0 Å². The summed E-state index contributed by atoms with van der Waals surface area (Å²) in [5.74, 6) is -3.30. The Morgan fingerprint density at radius 3 is 2.25 bits per heavy atom. The number of aromatic carboxylic acids is 1. The lowest BCUT2D eigenvalue weighted by Gasteiger charge is -2.30.